The lowest BCUT2D eigenvalue weighted by molar-refractivity contribution is 0.229. The fraction of sp³-hybridized carbons (Fsp3) is 0.875. The number of amides is 2. The van der Waals surface area contributed by atoms with Crippen LogP contribution in [-0.2, 0) is 10.0 Å². The number of urea groups is 1. The average molecular weight is 235 g/mol. The van der Waals surface area contributed by atoms with Crippen LogP contribution < -0.4 is 15.4 Å². The molecule has 0 aromatic rings. The van der Waals surface area contributed by atoms with Crippen molar-refractivity contribution in [2.24, 2.45) is 0 Å². The molecule has 1 aliphatic carbocycles. The van der Waals surface area contributed by atoms with E-state index in [1.54, 1.807) is 0 Å². The lowest BCUT2D eigenvalue weighted by Crippen LogP contribution is -2.46. The van der Waals surface area contributed by atoms with E-state index in [4.69, 9.17) is 0 Å². The highest BCUT2D eigenvalue weighted by molar-refractivity contribution is 7.89. The second-order valence-electron chi connectivity index (χ2n) is 3.55. The van der Waals surface area contributed by atoms with Crippen LogP contribution in [0, 0.1) is 0 Å². The number of hydrogen-bond donors (Lipinski definition) is 3. The predicted molar refractivity (Wildman–Crippen MR) is 57.0 cm³/mol. The van der Waals surface area contributed by atoms with Crippen molar-refractivity contribution in [1.29, 1.82) is 0 Å². The van der Waals surface area contributed by atoms with Crippen molar-refractivity contribution in [1.82, 2.24) is 15.4 Å². The van der Waals surface area contributed by atoms with E-state index in [1.807, 2.05) is 0 Å². The predicted octanol–water partition coefficient (Wildman–Crippen LogP) is -0.613. The summed E-state index contributed by atoms with van der Waals surface area (Å²) in [6, 6.07) is -0.0167. The second kappa shape index (κ2) is 5.32. The van der Waals surface area contributed by atoms with Crippen LogP contribution in [-0.4, -0.2) is 39.8 Å². The minimum Gasteiger partial charge on any atom is -0.337 e. The molecule has 1 saturated carbocycles. The summed E-state index contributed by atoms with van der Waals surface area (Å²) in [5.74, 6) is -0.0956. The third-order valence-corrected chi connectivity index (χ3v) is 3.77. The van der Waals surface area contributed by atoms with Crippen molar-refractivity contribution in [2.75, 3.05) is 19.3 Å². The molecule has 1 fully saturated rings. The molecule has 1 rings (SSSR count). The maximum atomic E-state index is 11.2. The molecule has 0 aromatic carbocycles. The maximum Gasteiger partial charge on any atom is 0.315 e. The minimum absolute atomic E-state index is 0.0956. The zero-order valence-electron chi connectivity index (χ0n) is 8.75. The summed E-state index contributed by atoms with van der Waals surface area (Å²) in [6.07, 6.45) is 3.18. The molecule has 0 unspecified atom stereocenters. The Balaban J connectivity index is 2.11. The van der Waals surface area contributed by atoms with Crippen molar-refractivity contribution in [3.05, 3.63) is 0 Å². The molecular weight excluding hydrogens is 218 g/mol. The number of carbonyl (C=O) groups excluding carboxylic acids is 1. The monoisotopic (exact) mass is 235 g/mol. The Hall–Kier alpha value is -0.820. The van der Waals surface area contributed by atoms with Crippen LogP contribution in [0.3, 0.4) is 0 Å². The summed E-state index contributed by atoms with van der Waals surface area (Å²) in [7, 11) is -1.88. The van der Waals surface area contributed by atoms with Crippen molar-refractivity contribution in [2.45, 2.75) is 25.3 Å². The van der Waals surface area contributed by atoms with Gasteiger partial charge in [0.05, 0.1) is 5.75 Å². The first-order chi connectivity index (χ1) is 7.03. The van der Waals surface area contributed by atoms with Crippen LogP contribution >= 0.6 is 0 Å². The fourth-order valence-electron chi connectivity index (χ4n) is 1.19. The number of rotatable bonds is 5. The molecule has 2 amide bonds. The summed E-state index contributed by atoms with van der Waals surface area (Å²) in [5, 5.41) is 5.26. The Kier molecular flexibility index (Phi) is 4.34. The van der Waals surface area contributed by atoms with Crippen molar-refractivity contribution in [3.8, 4) is 0 Å². The normalized spacial score (nSPS) is 16.9. The van der Waals surface area contributed by atoms with Gasteiger partial charge in [-0.2, -0.15) is 0 Å². The molecule has 0 radical (unpaired) electrons. The molecule has 15 heavy (non-hydrogen) atoms. The molecule has 0 atom stereocenters. The number of hydrogen-bond acceptors (Lipinski definition) is 3. The topological polar surface area (TPSA) is 87.3 Å². The van der Waals surface area contributed by atoms with E-state index in [2.05, 4.69) is 15.4 Å². The maximum absolute atomic E-state index is 11.2. The van der Waals surface area contributed by atoms with Gasteiger partial charge in [0.2, 0.25) is 10.0 Å². The Morgan fingerprint density at radius 3 is 2.53 bits per heavy atom. The van der Waals surface area contributed by atoms with Crippen LogP contribution in [0.5, 0.6) is 0 Å². The van der Waals surface area contributed by atoms with Crippen LogP contribution in [0.2, 0.25) is 0 Å². The van der Waals surface area contributed by atoms with Crippen LogP contribution in [0.4, 0.5) is 4.79 Å². The van der Waals surface area contributed by atoms with Crippen molar-refractivity contribution < 1.29 is 13.2 Å². The van der Waals surface area contributed by atoms with Crippen molar-refractivity contribution in [3.63, 3.8) is 0 Å². The van der Waals surface area contributed by atoms with Gasteiger partial charge in [0.1, 0.15) is 0 Å². The molecule has 88 valence electrons. The average Bonchev–Trinajstić information content (AvgIpc) is 2.11. The Bertz CT molecular complexity index is 311. The van der Waals surface area contributed by atoms with Crippen molar-refractivity contribution >= 4 is 16.1 Å². The molecule has 0 bridgehead atoms. The summed E-state index contributed by atoms with van der Waals surface area (Å²) in [4.78, 5) is 11.2. The molecule has 7 heteroatoms. The smallest absolute Gasteiger partial charge is 0.315 e. The summed E-state index contributed by atoms with van der Waals surface area (Å²) in [6.45, 7) is 0.127. The summed E-state index contributed by atoms with van der Waals surface area (Å²) >= 11 is 0. The molecule has 0 heterocycles. The third kappa shape index (κ3) is 4.48. The number of nitrogens with one attached hydrogen (secondary N) is 3. The first-order valence-corrected chi connectivity index (χ1v) is 6.64. The molecule has 0 saturated heterocycles. The van der Waals surface area contributed by atoms with E-state index in [-0.39, 0.29) is 24.4 Å². The van der Waals surface area contributed by atoms with Crippen LogP contribution in [0.1, 0.15) is 19.3 Å². The van der Waals surface area contributed by atoms with Gasteiger partial charge >= 0.3 is 6.03 Å². The highest BCUT2D eigenvalue weighted by atomic mass is 32.2. The largest absolute Gasteiger partial charge is 0.337 e. The van der Waals surface area contributed by atoms with Gasteiger partial charge in [-0.25, -0.2) is 17.9 Å². The van der Waals surface area contributed by atoms with Gasteiger partial charge in [0.25, 0.3) is 0 Å². The Labute approximate surface area is 89.9 Å². The van der Waals surface area contributed by atoms with Crippen LogP contribution in [0.15, 0.2) is 0 Å². The lowest BCUT2D eigenvalue weighted by atomic mass is 9.93. The van der Waals surface area contributed by atoms with E-state index in [0.29, 0.717) is 0 Å². The molecular formula is C8H17N3O3S. The van der Waals surface area contributed by atoms with Gasteiger partial charge in [-0.15, -0.1) is 0 Å². The van der Waals surface area contributed by atoms with E-state index in [0.717, 1.165) is 19.3 Å². The van der Waals surface area contributed by atoms with E-state index >= 15 is 0 Å². The van der Waals surface area contributed by atoms with E-state index in [9.17, 15) is 13.2 Å². The Morgan fingerprint density at radius 1 is 1.40 bits per heavy atom. The standard InChI is InChI=1S/C8H17N3O3S/c1-9-15(13,14)6-5-10-8(12)11-7-3-2-4-7/h7,9H,2-6H2,1H3,(H2,10,11,12). The fourth-order valence-corrected chi connectivity index (χ4v) is 1.76. The van der Waals surface area contributed by atoms with Gasteiger partial charge in [0, 0.05) is 12.6 Å². The first kappa shape index (κ1) is 12.3. The van der Waals surface area contributed by atoms with E-state index < -0.39 is 10.0 Å². The summed E-state index contributed by atoms with van der Waals surface area (Å²) in [5.41, 5.74) is 0. The second-order valence-corrected chi connectivity index (χ2v) is 5.60. The zero-order valence-corrected chi connectivity index (χ0v) is 9.56. The molecule has 6 nitrogen and oxygen atoms in total. The van der Waals surface area contributed by atoms with Gasteiger partial charge in [-0.1, -0.05) is 0 Å². The zero-order chi connectivity index (χ0) is 11.3. The molecule has 0 spiro atoms. The molecule has 3 N–H and O–H groups in total. The lowest BCUT2D eigenvalue weighted by Gasteiger charge is -2.26. The van der Waals surface area contributed by atoms with Gasteiger partial charge in [-0.3, -0.25) is 0 Å². The number of carbonyl (C=O) groups is 1. The van der Waals surface area contributed by atoms with Gasteiger partial charge in [-0.05, 0) is 26.3 Å². The van der Waals surface area contributed by atoms with Crippen LogP contribution in [0.25, 0.3) is 0 Å². The minimum atomic E-state index is -3.23. The van der Waals surface area contributed by atoms with Gasteiger partial charge < -0.3 is 10.6 Å². The molecule has 0 aliphatic heterocycles. The third-order valence-electron chi connectivity index (χ3n) is 2.41. The first-order valence-electron chi connectivity index (χ1n) is 4.99. The van der Waals surface area contributed by atoms with E-state index in [1.165, 1.54) is 7.05 Å². The molecule has 1 aliphatic rings. The number of sulfonamides is 1. The highest BCUT2D eigenvalue weighted by Gasteiger charge is 2.19. The Morgan fingerprint density at radius 2 is 2.07 bits per heavy atom. The highest BCUT2D eigenvalue weighted by Crippen LogP contribution is 2.17. The summed E-state index contributed by atoms with van der Waals surface area (Å²) < 4.78 is 24.2. The molecule has 0 aromatic heterocycles. The SMILES string of the molecule is CNS(=O)(=O)CCNC(=O)NC1CCC1. The quantitative estimate of drug-likeness (QED) is 0.594. The van der Waals surface area contributed by atoms with Gasteiger partial charge in [0.15, 0.2) is 0 Å².